The summed E-state index contributed by atoms with van der Waals surface area (Å²) >= 11 is 1.88. The molecule has 1 aromatic heterocycles. The molecule has 0 saturated heterocycles. The fraction of sp³-hybridized carbons (Fsp3) is 0.0169. The number of hydrogen-bond acceptors (Lipinski definition) is 3. The van der Waals surface area contributed by atoms with Gasteiger partial charge >= 0.3 is 0 Å². The molecule has 0 saturated carbocycles. The van der Waals surface area contributed by atoms with Crippen LogP contribution in [0.1, 0.15) is 22.3 Å². The van der Waals surface area contributed by atoms with Crippen molar-refractivity contribution in [3.63, 3.8) is 0 Å². The summed E-state index contributed by atoms with van der Waals surface area (Å²) in [5, 5.41) is 5.13. The number of rotatable bonds is 5. The SMILES string of the molecule is c1ccc(-c2ccc(N(c3cccc(-c4ccc5c(c4)C4(c6ccccc6Oc6ccccc64)c4ccccc4-5)c3)c3ccc4ccc5c6ccccc6sc5c4c3)cc2)cc1. The summed E-state index contributed by atoms with van der Waals surface area (Å²) in [7, 11) is 0. The Morgan fingerprint density at radius 1 is 0.355 bits per heavy atom. The van der Waals surface area contributed by atoms with E-state index in [1.165, 1.54) is 81.0 Å². The van der Waals surface area contributed by atoms with Crippen LogP contribution in [0, 0.1) is 0 Å². The smallest absolute Gasteiger partial charge is 0.132 e. The number of ether oxygens (including phenoxy) is 1. The van der Waals surface area contributed by atoms with Crippen molar-refractivity contribution in [2.24, 2.45) is 0 Å². The number of anilines is 3. The summed E-state index contributed by atoms with van der Waals surface area (Å²) in [6, 6.07) is 82.1. The maximum atomic E-state index is 6.63. The van der Waals surface area contributed by atoms with Crippen molar-refractivity contribution in [1.82, 2.24) is 0 Å². The molecule has 2 heterocycles. The zero-order valence-corrected chi connectivity index (χ0v) is 34.4. The average molecular weight is 808 g/mol. The second kappa shape index (κ2) is 13.7. The van der Waals surface area contributed by atoms with Gasteiger partial charge in [0.15, 0.2) is 0 Å². The van der Waals surface area contributed by atoms with Crippen LogP contribution in [-0.4, -0.2) is 0 Å². The Morgan fingerprint density at radius 2 is 0.952 bits per heavy atom. The molecule has 290 valence electrons. The van der Waals surface area contributed by atoms with Crippen LogP contribution >= 0.6 is 11.3 Å². The molecule has 0 fully saturated rings. The highest BCUT2D eigenvalue weighted by Gasteiger charge is 2.51. The molecule has 62 heavy (non-hydrogen) atoms. The van der Waals surface area contributed by atoms with Crippen molar-refractivity contribution in [2.45, 2.75) is 5.41 Å². The molecule has 0 amide bonds. The molecular weight excluding hydrogens is 771 g/mol. The van der Waals surface area contributed by atoms with Crippen molar-refractivity contribution in [2.75, 3.05) is 4.90 Å². The molecule has 0 atom stereocenters. The third kappa shape index (κ3) is 5.16. The standard InChI is InChI=1S/C59H37NOS/c1-2-13-38(14-3-1)39-25-30-43(31-26-39)60(45-32-27-40-28-34-49-48-18-5-11-24-57(48)62-58(49)50(40)37-45)44-16-12-15-41(35-44)42-29-33-47-46-17-4-6-19-51(46)59(54(47)36-42)52-20-7-9-22-55(52)61-56-23-10-8-21-53(56)59/h1-37H. The van der Waals surface area contributed by atoms with Gasteiger partial charge in [-0.1, -0.05) is 164 Å². The van der Waals surface area contributed by atoms with Crippen LogP contribution in [0.3, 0.4) is 0 Å². The summed E-state index contributed by atoms with van der Waals surface area (Å²) < 4.78 is 9.26. The molecule has 11 aromatic rings. The van der Waals surface area contributed by atoms with Crippen LogP contribution in [0.2, 0.25) is 0 Å². The van der Waals surface area contributed by atoms with Gasteiger partial charge in [0, 0.05) is 53.7 Å². The van der Waals surface area contributed by atoms with Gasteiger partial charge in [-0.25, -0.2) is 0 Å². The highest BCUT2D eigenvalue weighted by atomic mass is 32.1. The lowest BCUT2D eigenvalue weighted by Crippen LogP contribution is -2.32. The van der Waals surface area contributed by atoms with Gasteiger partial charge in [-0.3, -0.25) is 0 Å². The minimum Gasteiger partial charge on any atom is -0.457 e. The molecule has 10 aromatic carbocycles. The van der Waals surface area contributed by atoms with Gasteiger partial charge < -0.3 is 9.64 Å². The van der Waals surface area contributed by atoms with Crippen molar-refractivity contribution >= 4 is 59.3 Å². The van der Waals surface area contributed by atoms with E-state index < -0.39 is 5.41 Å². The van der Waals surface area contributed by atoms with Gasteiger partial charge in [-0.05, 0) is 111 Å². The fourth-order valence-corrected chi connectivity index (χ4v) is 11.6. The Hall–Kier alpha value is -7.72. The van der Waals surface area contributed by atoms with E-state index >= 15 is 0 Å². The quantitative estimate of drug-likeness (QED) is 0.172. The Labute approximate surface area is 364 Å². The summed E-state index contributed by atoms with van der Waals surface area (Å²) in [6.45, 7) is 0. The van der Waals surface area contributed by atoms with Gasteiger partial charge in [0.05, 0.1) is 5.41 Å². The van der Waals surface area contributed by atoms with Crippen LogP contribution in [0.25, 0.3) is 64.3 Å². The largest absolute Gasteiger partial charge is 0.457 e. The van der Waals surface area contributed by atoms with E-state index in [0.717, 1.165) is 34.1 Å². The molecule has 0 radical (unpaired) electrons. The van der Waals surface area contributed by atoms with Crippen LogP contribution in [-0.2, 0) is 5.41 Å². The maximum absolute atomic E-state index is 6.63. The number of fused-ring (bicyclic) bond motifs is 14. The van der Waals surface area contributed by atoms with E-state index in [0.29, 0.717) is 0 Å². The van der Waals surface area contributed by atoms with Crippen LogP contribution in [0.5, 0.6) is 11.5 Å². The summed E-state index contributed by atoms with van der Waals surface area (Å²) in [5.41, 5.74) is 14.9. The zero-order valence-electron chi connectivity index (χ0n) is 33.6. The molecule has 1 aliphatic heterocycles. The van der Waals surface area contributed by atoms with E-state index in [-0.39, 0.29) is 0 Å². The number of thiophene rings is 1. The summed E-state index contributed by atoms with van der Waals surface area (Å²) in [6.07, 6.45) is 0. The fourth-order valence-electron chi connectivity index (χ4n) is 10.4. The van der Waals surface area contributed by atoms with E-state index in [9.17, 15) is 0 Å². The van der Waals surface area contributed by atoms with Crippen LogP contribution < -0.4 is 9.64 Å². The van der Waals surface area contributed by atoms with Gasteiger partial charge in [0.25, 0.3) is 0 Å². The molecule has 2 aliphatic rings. The van der Waals surface area contributed by atoms with Gasteiger partial charge in [0.1, 0.15) is 11.5 Å². The molecule has 3 heteroatoms. The van der Waals surface area contributed by atoms with E-state index in [1.807, 2.05) is 11.3 Å². The van der Waals surface area contributed by atoms with Crippen LogP contribution in [0.4, 0.5) is 17.1 Å². The van der Waals surface area contributed by atoms with Gasteiger partial charge in [-0.2, -0.15) is 0 Å². The van der Waals surface area contributed by atoms with Gasteiger partial charge in [0.2, 0.25) is 0 Å². The number of nitrogens with zero attached hydrogens (tertiary/aromatic N) is 1. The Morgan fingerprint density at radius 3 is 1.77 bits per heavy atom. The molecule has 2 nitrogen and oxygen atoms in total. The molecular formula is C59H37NOS. The topological polar surface area (TPSA) is 12.5 Å². The molecule has 0 N–H and O–H groups in total. The molecule has 1 spiro atoms. The highest BCUT2D eigenvalue weighted by Crippen LogP contribution is 2.62. The molecule has 1 aliphatic carbocycles. The second-order valence-corrected chi connectivity index (χ2v) is 17.4. The first kappa shape index (κ1) is 35.1. The zero-order chi connectivity index (χ0) is 40.8. The van der Waals surface area contributed by atoms with Crippen molar-refractivity contribution in [1.29, 1.82) is 0 Å². The van der Waals surface area contributed by atoms with E-state index in [4.69, 9.17) is 4.74 Å². The molecule has 0 unspecified atom stereocenters. The van der Waals surface area contributed by atoms with Crippen molar-refractivity contribution in [3.8, 4) is 44.9 Å². The highest BCUT2D eigenvalue weighted by molar-refractivity contribution is 7.26. The Kier molecular flexibility index (Phi) is 7.72. The normalized spacial score (nSPS) is 13.1. The lowest BCUT2D eigenvalue weighted by molar-refractivity contribution is 0.436. The van der Waals surface area contributed by atoms with Gasteiger partial charge in [-0.15, -0.1) is 11.3 Å². The minimum absolute atomic E-state index is 0.527. The Balaban J connectivity index is 0.996. The van der Waals surface area contributed by atoms with E-state index in [1.54, 1.807) is 0 Å². The second-order valence-electron chi connectivity index (χ2n) is 16.4. The summed E-state index contributed by atoms with van der Waals surface area (Å²) in [5.74, 6) is 1.80. The first-order valence-corrected chi connectivity index (χ1v) is 22.1. The monoisotopic (exact) mass is 807 g/mol. The number of para-hydroxylation sites is 2. The minimum atomic E-state index is -0.527. The lowest BCUT2D eigenvalue weighted by atomic mass is 9.66. The molecule has 13 rings (SSSR count). The first-order chi connectivity index (χ1) is 30.7. The number of hydrogen-bond donors (Lipinski definition) is 0. The first-order valence-electron chi connectivity index (χ1n) is 21.2. The van der Waals surface area contributed by atoms with Crippen molar-refractivity contribution in [3.05, 3.63) is 247 Å². The predicted molar refractivity (Wildman–Crippen MR) is 260 cm³/mol. The number of benzene rings is 10. The third-order valence-corrected chi connectivity index (χ3v) is 14.3. The molecule has 0 bridgehead atoms. The van der Waals surface area contributed by atoms with Crippen molar-refractivity contribution < 1.29 is 4.74 Å². The maximum Gasteiger partial charge on any atom is 0.132 e. The average Bonchev–Trinajstić information content (AvgIpc) is 3.86. The third-order valence-electron chi connectivity index (χ3n) is 13.1. The van der Waals surface area contributed by atoms with Crippen LogP contribution in [0.15, 0.2) is 224 Å². The van der Waals surface area contributed by atoms with E-state index in [2.05, 4.69) is 229 Å². The lowest BCUT2D eigenvalue weighted by Gasteiger charge is -2.39. The summed E-state index contributed by atoms with van der Waals surface area (Å²) in [4.78, 5) is 2.42. The Bertz CT molecular complexity index is 3520. The predicted octanol–water partition coefficient (Wildman–Crippen LogP) is 16.5.